The minimum absolute atomic E-state index is 0.0468. The van der Waals surface area contributed by atoms with E-state index in [1.807, 2.05) is 38.7 Å². The number of aliphatic hydroxyl groups is 1. The van der Waals surface area contributed by atoms with Crippen LogP contribution in [0.5, 0.6) is 0 Å². The molecule has 8 N–H and O–H groups in total. The summed E-state index contributed by atoms with van der Waals surface area (Å²) in [6.07, 6.45) is 3.45. The number of rotatable bonds is 17. The van der Waals surface area contributed by atoms with E-state index < -0.39 is 6.23 Å². The zero-order valence-corrected chi connectivity index (χ0v) is 22.0. The summed E-state index contributed by atoms with van der Waals surface area (Å²) in [4.78, 5) is 23.9. The van der Waals surface area contributed by atoms with Gasteiger partial charge in [0.15, 0.2) is 0 Å². The van der Waals surface area contributed by atoms with Crippen LogP contribution in [0, 0.1) is 10.8 Å². The third kappa shape index (κ3) is 31.0. The SMILES string of the molecule is CC(O)NCC(C)(C)CCC(=O)CCCC(=O)CCC(C)(C)CNO.CCNO.CCNO. The number of hydroxylamine groups is 3. The van der Waals surface area contributed by atoms with Gasteiger partial charge in [0.2, 0.25) is 0 Å². The third-order valence-electron chi connectivity index (χ3n) is 4.82. The summed E-state index contributed by atoms with van der Waals surface area (Å²) < 4.78 is 0. The van der Waals surface area contributed by atoms with Gasteiger partial charge >= 0.3 is 0 Å². The van der Waals surface area contributed by atoms with E-state index in [0.717, 1.165) is 12.8 Å². The van der Waals surface area contributed by atoms with E-state index in [4.69, 9.17) is 15.6 Å². The van der Waals surface area contributed by atoms with Crippen molar-refractivity contribution in [3.8, 4) is 0 Å². The van der Waals surface area contributed by atoms with Gasteiger partial charge in [0.05, 0.1) is 0 Å². The van der Waals surface area contributed by atoms with Crippen molar-refractivity contribution in [3.63, 3.8) is 0 Å². The maximum atomic E-state index is 12.0. The van der Waals surface area contributed by atoms with E-state index in [2.05, 4.69) is 24.6 Å². The van der Waals surface area contributed by atoms with Gasteiger partial charge in [-0.05, 0) is 37.0 Å². The Hall–Kier alpha value is -0.980. The summed E-state index contributed by atoms with van der Waals surface area (Å²) in [6.45, 7) is 15.8. The van der Waals surface area contributed by atoms with Gasteiger partial charge in [-0.1, -0.05) is 41.5 Å². The van der Waals surface area contributed by atoms with Crippen molar-refractivity contribution in [2.24, 2.45) is 10.8 Å². The Balaban J connectivity index is -0.000000962. The minimum atomic E-state index is -0.542. The molecule has 0 spiro atoms. The second-order valence-corrected chi connectivity index (χ2v) is 9.67. The van der Waals surface area contributed by atoms with Crippen LogP contribution >= 0.6 is 0 Å². The van der Waals surface area contributed by atoms with Crippen molar-refractivity contribution >= 4 is 11.6 Å². The Kier molecular flexibility index (Phi) is 25.3. The quantitative estimate of drug-likeness (QED) is 0.115. The van der Waals surface area contributed by atoms with Gasteiger partial charge in [0.1, 0.15) is 17.8 Å². The number of hydrogen-bond donors (Lipinski definition) is 8. The summed E-state index contributed by atoms with van der Waals surface area (Å²) in [6, 6.07) is 0. The standard InChI is InChI=1S/C19H38N2O4.2C2H7NO/c1-15(22)20-13-18(2,3)11-9-16(23)7-6-8-17(24)10-12-19(4,5)14-21-25;2*1-2-3-4/h15,20-22,25H,6-14H2,1-5H3;2*3-4H,2H2,1H3. The summed E-state index contributed by atoms with van der Waals surface area (Å²) in [5.74, 6) is 0.378. The predicted molar refractivity (Wildman–Crippen MR) is 130 cm³/mol. The lowest BCUT2D eigenvalue weighted by atomic mass is 9.85. The normalized spacial score (nSPS) is 12.2. The molecule has 0 amide bonds. The van der Waals surface area contributed by atoms with Crippen LogP contribution in [-0.4, -0.2) is 64.7 Å². The van der Waals surface area contributed by atoms with Crippen molar-refractivity contribution in [2.45, 2.75) is 99.6 Å². The summed E-state index contributed by atoms with van der Waals surface area (Å²) in [7, 11) is 0. The highest BCUT2D eigenvalue weighted by molar-refractivity contribution is 5.81. The molecule has 0 fully saturated rings. The van der Waals surface area contributed by atoms with E-state index >= 15 is 0 Å². The molecule has 0 radical (unpaired) electrons. The molecule has 200 valence electrons. The third-order valence-corrected chi connectivity index (χ3v) is 4.82. The average Bonchev–Trinajstić information content (AvgIpc) is 2.75. The smallest absolute Gasteiger partial charge is 0.132 e. The molecule has 0 saturated heterocycles. The number of aliphatic hydroxyl groups excluding tert-OH is 1. The Labute approximate surface area is 200 Å². The van der Waals surface area contributed by atoms with Gasteiger partial charge in [-0.3, -0.25) is 14.9 Å². The summed E-state index contributed by atoms with van der Waals surface area (Å²) in [5, 5.41) is 36.2. The van der Waals surface area contributed by atoms with Gasteiger partial charge in [-0.15, -0.1) is 0 Å². The van der Waals surface area contributed by atoms with Crippen LogP contribution in [0.2, 0.25) is 0 Å². The maximum Gasteiger partial charge on any atom is 0.132 e. The van der Waals surface area contributed by atoms with Crippen molar-refractivity contribution in [2.75, 3.05) is 26.2 Å². The van der Waals surface area contributed by atoms with Crippen LogP contribution in [0.4, 0.5) is 0 Å². The van der Waals surface area contributed by atoms with E-state index in [0.29, 0.717) is 58.3 Å². The van der Waals surface area contributed by atoms with Crippen molar-refractivity contribution in [3.05, 3.63) is 0 Å². The van der Waals surface area contributed by atoms with Gasteiger partial charge < -0.3 is 20.7 Å². The van der Waals surface area contributed by atoms with Gasteiger partial charge in [-0.25, -0.2) is 16.4 Å². The zero-order valence-electron chi connectivity index (χ0n) is 22.0. The van der Waals surface area contributed by atoms with Crippen LogP contribution in [-0.2, 0) is 9.59 Å². The largest absolute Gasteiger partial charge is 0.379 e. The molecule has 0 saturated carbocycles. The highest BCUT2D eigenvalue weighted by Gasteiger charge is 2.20. The maximum absolute atomic E-state index is 12.0. The number of hydrogen-bond acceptors (Lipinski definition) is 10. The van der Waals surface area contributed by atoms with Gasteiger partial charge in [-0.2, -0.15) is 0 Å². The molecule has 10 nitrogen and oxygen atoms in total. The highest BCUT2D eigenvalue weighted by Crippen LogP contribution is 2.23. The molecule has 1 unspecified atom stereocenters. The lowest BCUT2D eigenvalue weighted by molar-refractivity contribution is -0.121. The number of carbonyl (C=O) groups is 2. The highest BCUT2D eigenvalue weighted by atomic mass is 16.5. The fourth-order valence-corrected chi connectivity index (χ4v) is 2.50. The summed E-state index contributed by atoms with van der Waals surface area (Å²) in [5.41, 5.74) is 5.85. The van der Waals surface area contributed by atoms with E-state index in [1.54, 1.807) is 6.92 Å². The van der Waals surface area contributed by atoms with Crippen molar-refractivity contribution in [1.82, 2.24) is 21.8 Å². The molecule has 0 aromatic rings. The Morgan fingerprint density at radius 2 is 1.09 bits per heavy atom. The van der Waals surface area contributed by atoms with Crippen LogP contribution in [0.15, 0.2) is 0 Å². The number of ketones is 2. The molecule has 1 atom stereocenters. The Morgan fingerprint density at radius 1 is 0.727 bits per heavy atom. The molecule has 0 aromatic carbocycles. The van der Waals surface area contributed by atoms with Crippen LogP contribution in [0.3, 0.4) is 0 Å². The van der Waals surface area contributed by atoms with E-state index in [-0.39, 0.29) is 22.4 Å². The van der Waals surface area contributed by atoms with E-state index in [1.165, 1.54) is 0 Å². The average molecular weight is 481 g/mol. The van der Waals surface area contributed by atoms with Crippen LogP contribution in [0.25, 0.3) is 0 Å². The van der Waals surface area contributed by atoms with Crippen molar-refractivity contribution < 1.29 is 30.3 Å². The Bertz CT molecular complexity index is 466. The lowest BCUT2D eigenvalue weighted by Crippen LogP contribution is -2.35. The first-order chi connectivity index (χ1) is 15.3. The molecule has 0 bridgehead atoms. The molecule has 0 aliphatic carbocycles. The fraction of sp³-hybridized carbons (Fsp3) is 0.913. The monoisotopic (exact) mass is 480 g/mol. The number of carbonyl (C=O) groups excluding carboxylic acids is 2. The summed E-state index contributed by atoms with van der Waals surface area (Å²) >= 11 is 0. The number of nitrogens with one attached hydrogen (secondary N) is 4. The first kappa shape index (κ1) is 36.6. The van der Waals surface area contributed by atoms with Crippen molar-refractivity contribution in [1.29, 1.82) is 0 Å². The zero-order chi connectivity index (χ0) is 26.3. The Morgan fingerprint density at radius 3 is 1.39 bits per heavy atom. The molecular weight excluding hydrogens is 428 g/mol. The predicted octanol–water partition coefficient (Wildman–Crippen LogP) is 2.78. The molecule has 0 aromatic heterocycles. The van der Waals surface area contributed by atoms with Gasteiger partial charge in [0.25, 0.3) is 0 Å². The second kappa shape index (κ2) is 22.8. The van der Waals surface area contributed by atoms with Crippen LogP contribution in [0.1, 0.15) is 93.4 Å². The minimum Gasteiger partial charge on any atom is -0.379 e. The molecule has 10 heteroatoms. The second-order valence-electron chi connectivity index (χ2n) is 9.67. The first-order valence-corrected chi connectivity index (χ1v) is 11.9. The molecule has 0 heterocycles. The lowest BCUT2D eigenvalue weighted by Gasteiger charge is -2.25. The molecule has 0 aliphatic heterocycles. The fourth-order valence-electron chi connectivity index (χ4n) is 2.50. The molecular formula is C23H52N4O6. The molecule has 0 rings (SSSR count). The molecule has 0 aliphatic rings. The first-order valence-electron chi connectivity index (χ1n) is 11.9. The van der Waals surface area contributed by atoms with Crippen LogP contribution < -0.4 is 21.8 Å². The topological polar surface area (TPSA) is 163 Å². The van der Waals surface area contributed by atoms with Gasteiger partial charge in [0, 0.05) is 51.9 Å². The van der Waals surface area contributed by atoms with E-state index in [9.17, 15) is 14.7 Å². The molecule has 33 heavy (non-hydrogen) atoms. The number of Topliss-reactive ketones (excluding diaryl/α,β-unsaturated/α-hetero) is 2.